The highest BCUT2D eigenvalue weighted by molar-refractivity contribution is 5.86. The van der Waals surface area contributed by atoms with Gasteiger partial charge in [-0.15, -0.1) is 0 Å². The Hall–Kier alpha value is -3.79. The van der Waals surface area contributed by atoms with Gasteiger partial charge >= 0.3 is 6.03 Å². The van der Waals surface area contributed by atoms with E-state index in [1.807, 2.05) is 0 Å². The quantitative estimate of drug-likeness (QED) is 0.574. The van der Waals surface area contributed by atoms with Crippen molar-refractivity contribution in [2.75, 3.05) is 27.4 Å². The Kier molecular flexibility index (Phi) is 6.36. The number of carbonyl (C=O) groups is 1. The van der Waals surface area contributed by atoms with Gasteiger partial charge in [0.2, 0.25) is 5.82 Å². The summed E-state index contributed by atoms with van der Waals surface area (Å²) in [5.74, 6) is -0.537. The number of allylic oxidation sites excluding steroid dienone is 1. The fraction of sp³-hybridized carbons (Fsp3) is 0.261. The van der Waals surface area contributed by atoms with Crippen LogP contribution in [0.25, 0.3) is 17.0 Å². The molecule has 1 aliphatic heterocycles. The standard InChI is InChI=1S/C23H22F2N4O4/c1-13-19(22-27-21(28-33-22)15-6-9-18(32-3)17(25)12-15)20(14-4-7-16(24)8-5-14)26-23(30)29(13)10-11-31-2/h4-9,12,20H,10-11H2,1-3H3,(H,26,30). The van der Waals surface area contributed by atoms with E-state index in [1.54, 1.807) is 32.2 Å². The highest BCUT2D eigenvalue weighted by Gasteiger charge is 2.35. The van der Waals surface area contributed by atoms with E-state index in [0.717, 1.165) is 0 Å². The third-order valence-electron chi connectivity index (χ3n) is 5.39. The molecule has 1 aromatic heterocycles. The molecule has 2 aromatic carbocycles. The maximum absolute atomic E-state index is 14.2. The molecule has 0 fully saturated rings. The Labute approximate surface area is 188 Å². The summed E-state index contributed by atoms with van der Waals surface area (Å²) < 4.78 is 43.3. The number of halogens is 2. The minimum atomic E-state index is -0.655. The number of rotatable bonds is 7. The molecule has 1 aliphatic rings. The van der Waals surface area contributed by atoms with Crippen molar-refractivity contribution >= 4 is 11.6 Å². The lowest BCUT2D eigenvalue weighted by atomic mass is 9.94. The number of carbonyl (C=O) groups excluding carboxylic acids is 1. The number of hydrogen-bond donors (Lipinski definition) is 1. The zero-order valence-corrected chi connectivity index (χ0v) is 18.3. The molecule has 3 aromatic rings. The summed E-state index contributed by atoms with van der Waals surface area (Å²) in [4.78, 5) is 18.8. The van der Waals surface area contributed by atoms with Gasteiger partial charge in [-0.1, -0.05) is 17.3 Å². The van der Waals surface area contributed by atoms with Gasteiger partial charge in [0.25, 0.3) is 5.89 Å². The lowest BCUT2D eigenvalue weighted by Gasteiger charge is -2.35. The van der Waals surface area contributed by atoms with E-state index in [0.29, 0.717) is 35.5 Å². The van der Waals surface area contributed by atoms with Crippen molar-refractivity contribution in [3.63, 3.8) is 0 Å². The molecule has 0 spiro atoms. The van der Waals surface area contributed by atoms with Crippen LogP contribution in [-0.4, -0.2) is 48.4 Å². The lowest BCUT2D eigenvalue weighted by molar-refractivity contribution is 0.158. The molecule has 33 heavy (non-hydrogen) atoms. The Morgan fingerprint density at radius 3 is 2.58 bits per heavy atom. The minimum Gasteiger partial charge on any atom is -0.494 e. The third-order valence-corrected chi connectivity index (χ3v) is 5.39. The van der Waals surface area contributed by atoms with Crippen LogP contribution in [0.3, 0.4) is 0 Å². The maximum Gasteiger partial charge on any atom is 0.322 e. The number of ether oxygens (including phenoxy) is 2. The van der Waals surface area contributed by atoms with E-state index < -0.39 is 17.7 Å². The van der Waals surface area contributed by atoms with Crippen molar-refractivity contribution in [2.45, 2.75) is 13.0 Å². The van der Waals surface area contributed by atoms with Crippen LogP contribution in [0.2, 0.25) is 0 Å². The van der Waals surface area contributed by atoms with Gasteiger partial charge < -0.3 is 19.3 Å². The molecule has 0 radical (unpaired) electrons. The largest absolute Gasteiger partial charge is 0.494 e. The average Bonchev–Trinajstić information content (AvgIpc) is 3.29. The summed E-state index contributed by atoms with van der Waals surface area (Å²) in [6, 6.07) is 9.12. The first kappa shape index (κ1) is 22.4. The highest BCUT2D eigenvalue weighted by atomic mass is 19.1. The molecule has 2 heterocycles. The van der Waals surface area contributed by atoms with Crippen LogP contribution in [-0.2, 0) is 4.74 Å². The number of nitrogens with one attached hydrogen (secondary N) is 1. The first-order valence-electron chi connectivity index (χ1n) is 10.1. The molecule has 0 saturated heterocycles. The zero-order chi connectivity index (χ0) is 23.5. The van der Waals surface area contributed by atoms with Crippen molar-refractivity contribution < 1.29 is 27.6 Å². The first-order valence-corrected chi connectivity index (χ1v) is 10.1. The van der Waals surface area contributed by atoms with Gasteiger partial charge in [-0.05, 0) is 42.8 Å². The molecule has 0 aliphatic carbocycles. The molecule has 8 nitrogen and oxygen atoms in total. The maximum atomic E-state index is 14.2. The highest BCUT2D eigenvalue weighted by Crippen LogP contribution is 2.37. The van der Waals surface area contributed by atoms with E-state index in [2.05, 4.69) is 15.5 Å². The summed E-state index contributed by atoms with van der Waals surface area (Å²) in [6.45, 7) is 2.38. The van der Waals surface area contributed by atoms with Crippen LogP contribution >= 0.6 is 0 Å². The van der Waals surface area contributed by atoms with E-state index in [-0.39, 0.29) is 23.5 Å². The second kappa shape index (κ2) is 9.37. The summed E-state index contributed by atoms with van der Waals surface area (Å²) in [5.41, 5.74) is 2.17. The van der Waals surface area contributed by atoms with Gasteiger partial charge in [0.05, 0.1) is 31.9 Å². The number of methoxy groups -OCH3 is 2. The van der Waals surface area contributed by atoms with Crippen LogP contribution in [0.4, 0.5) is 13.6 Å². The Balaban J connectivity index is 1.78. The predicted molar refractivity (Wildman–Crippen MR) is 115 cm³/mol. The molecule has 4 rings (SSSR count). The number of benzene rings is 2. The summed E-state index contributed by atoms with van der Waals surface area (Å²) in [7, 11) is 2.92. The fourth-order valence-corrected chi connectivity index (χ4v) is 3.67. The van der Waals surface area contributed by atoms with Gasteiger partial charge in [-0.25, -0.2) is 13.6 Å². The molecule has 172 valence electrons. The van der Waals surface area contributed by atoms with Gasteiger partial charge in [-0.3, -0.25) is 4.90 Å². The number of hydrogen-bond acceptors (Lipinski definition) is 6. The SMILES string of the molecule is COCCN1C(=O)NC(c2ccc(F)cc2)C(c2nc(-c3ccc(OC)c(F)c3)no2)=C1C. The van der Waals surface area contributed by atoms with Gasteiger partial charge in [0, 0.05) is 18.4 Å². The molecule has 0 bridgehead atoms. The number of urea groups is 1. The summed E-state index contributed by atoms with van der Waals surface area (Å²) in [5, 5.41) is 6.91. The van der Waals surface area contributed by atoms with Gasteiger partial charge in [-0.2, -0.15) is 4.98 Å². The third kappa shape index (κ3) is 4.42. The van der Waals surface area contributed by atoms with Crippen molar-refractivity contribution in [1.82, 2.24) is 20.4 Å². The van der Waals surface area contributed by atoms with Gasteiger partial charge in [0.15, 0.2) is 11.6 Å². The summed E-state index contributed by atoms with van der Waals surface area (Å²) >= 11 is 0. The number of nitrogens with zero attached hydrogens (tertiary/aromatic N) is 3. The molecule has 1 N–H and O–H groups in total. The molecule has 1 unspecified atom stereocenters. The van der Waals surface area contributed by atoms with Crippen molar-refractivity contribution in [3.05, 3.63) is 71.3 Å². The number of aromatic nitrogens is 2. The van der Waals surface area contributed by atoms with Crippen LogP contribution in [0.1, 0.15) is 24.4 Å². The lowest BCUT2D eigenvalue weighted by Crippen LogP contribution is -2.47. The van der Waals surface area contributed by atoms with Crippen molar-refractivity contribution in [1.29, 1.82) is 0 Å². The van der Waals surface area contributed by atoms with Crippen LogP contribution in [0.5, 0.6) is 5.75 Å². The summed E-state index contributed by atoms with van der Waals surface area (Å²) in [6.07, 6.45) is 0. The van der Waals surface area contributed by atoms with E-state index in [9.17, 15) is 13.6 Å². The van der Waals surface area contributed by atoms with E-state index in [1.165, 1.54) is 36.3 Å². The van der Waals surface area contributed by atoms with Gasteiger partial charge in [0.1, 0.15) is 5.82 Å². The van der Waals surface area contributed by atoms with E-state index in [4.69, 9.17) is 14.0 Å². The monoisotopic (exact) mass is 456 g/mol. The Morgan fingerprint density at radius 1 is 1.15 bits per heavy atom. The Morgan fingerprint density at radius 2 is 1.91 bits per heavy atom. The minimum absolute atomic E-state index is 0.0983. The zero-order valence-electron chi connectivity index (χ0n) is 18.3. The Bertz CT molecular complexity index is 1190. The molecular weight excluding hydrogens is 434 g/mol. The molecular formula is C23H22F2N4O4. The van der Waals surface area contributed by atoms with E-state index >= 15 is 0 Å². The molecule has 0 saturated carbocycles. The van der Waals surface area contributed by atoms with Crippen LogP contribution in [0, 0.1) is 11.6 Å². The predicted octanol–water partition coefficient (Wildman–Crippen LogP) is 4.17. The second-order valence-electron chi connectivity index (χ2n) is 7.35. The van der Waals surface area contributed by atoms with Crippen LogP contribution in [0.15, 0.2) is 52.7 Å². The molecule has 10 heteroatoms. The fourth-order valence-electron chi connectivity index (χ4n) is 3.67. The second-order valence-corrected chi connectivity index (χ2v) is 7.35. The number of amides is 2. The van der Waals surface area contributed by atoms with Crippen LogP contribution < -0.4 is 10.1 Å². The molecule has 1 atom stereocenters. The first-order chi connectivity index (χ1) is 15.9. The average molecular weight is 456 g/mol. The normalized spacial score (nSPS) is 16.2. The van der Waals surface area contributed by atoms with Crippen molar-refractivity contribution in [2.24, 2.45) is 0 Å². The topological polar surface area (TPSA) is 89.7 Å². The van der Waals surface area contributed by atoms with Crippen molar-refractivity contribution in [3.8, 4) is 17.1 Å². The molecule has 2 amide bonds. The smallest absolute Gasteiger partial charge is 0.322 e.